The van der Waals surface area contributed by atoms with Crippen molar-refractivity contribution in [2.75, 3.05) is 0 Å². The van der Waals surface area contributed by atoms with E-state index in [2.05, 4.69) is 20.8 Å². The van der Waals surface area contributed by atoms with Crippen LogP contribution in [0, 0.1) is 11.8 Å². The Kier molecular flexibility index (Phi) is 3.98. The SMILES string of the molecule is CC(C)=CC(O)C1CCC(C)CC1. The molecule has 1 unspecified atom stereocenters. The Morgan fingerprint density at radius 1 is 1.23 bits per heavy atom. The molecule has 0 aromatic heterocycles. The standard InChI is InChI=1S/C12H22O/c1-9(2)8-12(13)11-6-4-10(3)5-7-11/h8,10-13H,4-7H2,1-3H3. The van der Waals surface area contributed by atoms with Crippen LogP contribution in [0.5, 0.6) is 0 Å². The summed E-state index contributed by atoms with van der Waals surface area (Å²) in [5.41, 5.74) is 1.23. The van der Waals surface area contributed by atoms with E-state index in [1.165, 1.54) is 31.3 Å². The van der Waals surface area contributed by atoms with Crippen molar-refractivity contribution in [2.24, 2.45) is 11.8 Å². The molecule has 0 saturated heterocycles. The Labute approximate surface area is 81.9 Å². The lowest BCUT2D eigenvalue weighted by Gasteiger charge is -2.28. The molecule has 1 aliphatic carbocycles. The summed E-state index contributed by atoms with van der Waals surface area (Å²) in [6.07, 6.45) is 6.78. The zero-order valence-electron chi connectivity index (χ0n) is 9.09. The summed E-state index contributed by atoms with van der Waals surface area (Å²) < 4.78 is 0. The summed E-state index contributed by atoms with van der Waals surface area (Å²) in [4.78, 5) is 0. The van der Waals surface area contributed by atoms with Gasteiger partial charge in [0.05, 0.1) is 6.10 Å². The van der Waals surface area contributed by atoms with Crippen LogP contribution in [0.1, 0.15) is 46.5 Å². The molecule has 0 spiro atoms. The molecule has 0 bridgehead atoms. The van der Waals surface area contributed by atoms with Crippen LogP contribution in [-0.2, 0) is 0 Å². The number of aliphatic hydroxyl groups excluding tert-OH is 1. The van der Waals surface area contributed by atoms with Crippen LogP contribution in [0.3, 0.4) is 0 Å². The van der Waals surface area contributed by atoms with Crippen LogP contribution in [0.4, 0.5) is 0 Å². The predicted molar refractivity (Wildman–Crippen MR) is 56.6 cm³/mol. The minimum atomic E-state index is -0.197. The molecular formula is C12H22O. The molecule has 1 atom stereocenters. The van der Waals surface area contributed by atoms with E-state index in [0.717, 1.165) is 5.92 Å². The maximum Gasteiger partial charge on any atom is 0.0751 e. The van der Waals surface area contributed by atoms with Crippen LogP contribution < -0.4 is 0 Å². The first-order chi connectivity index (χ1) is 6.09. The molecular weight excluding hydrogens is 160 g/mol. The molecule has 1 rings (SSSR count). The fraction of sp³-hybridized carbons (Fsp3) is 0.833. The third-order valence-electron chi connectivity index (χ3n) is 3.05. The first-order valence-corrected chi connectivity index (χ1v) is 5.42. The van der Waals surface area contributed by atoms with E-state index in [-0.39, 0.29) is 6.10 Å². The molecule has 1 aliphatic rings. The third-order valence-corrected chi connectivity index (χ3v) is 3.05. The molecule has 0 aromatic rings. The summed E-state index contributed by atoms with van der Waals surface area (Å²) in [7, 11) is 0. The van der Waals surface area contributed by atoms with E-state index in [1.807, 2.05) is 6.08 Å². The van der Waals surface area contributed by atoms with E-state index >= 15 is 0 Å². The van der Waals surface area contributed by atoms with E-state index in [1.54, 1.807) is 0 Å². The van der Waals surface area contributed by atoms with Gasteiger partial charge in [-0.15, -0.1) is 0 Å². The topological polar surface area (TPSA) is 20.2 Å². The van der Waals surface area contributed by atoms with Crippen molar-refractivity contribution >= 4 is 0 Å². The number of hydrogen-bond acceptors (Lipinski definition) is 1. The highest BCUT2D eigenvalue weighted by Gasteiger charge is 2.22. The Balaban J connectivity index is 2.40. The van der Waals surface area contributed by atoms with Crippen LogP contribution >= 0.6 is 0 Å². The predicted octanol–water partition coefficient (Wildman–Crippen LogP) is 3.14. The maximum atomic E-state index is 9.85. The first kappa shape index (κ1) is 10.8. The lowest BCUT2D eigenvalue weighted by molar-refractivity contribution is 0.112. The van der Waals surface area contributed by atoms with Crippen LogP contribution in [0.15, 0.2) is 11.6 Å². The minimum Gasteiger partial charge on any atom is -0.389 e. The molecule has 0 radical (unpaired) electrons. The van der Waals surface area contributed by atoms with Crippen molar-refractivity contribution in [1.82, 2.24) is 0 Å². The van der Waals surface area contributed by atoms with Crippen LogP contribution in [-0.4, -0.2) is 11.2 Å². The fourth-order valence-electron chi connectivity index (χ4n) is 2.10. The van der Waals surface area contributed by atoms with Gasteiger partial charge in [0.25, 0.3) is 0 Å². The van der Waals surface area contributed by atoms with Crippen molar-refractivity contribution in [2.45, 2.75) is 52.6 Å². The summed E-state index contributed by atoms with van der Waals surface area (Å²) >= 11 is 0. The highest BCUT2D eigenvalue weighted by atomic mass is 16.3. The summed E-state index contributed by atoms with van der Waals surface area (Å²) in [5.74, 6) is 1.39. The monoisotopic (exact) mass is 182 g/mol. The Morgan fingerprint density at radius 3 is 2.23 bits per heavy atom. The van der Waals surface area contributed by atoms with Crippen molar-refractivity contribution in [3.63, 3.8) is 0 Å². The zero-order chi connectivity index (χ0) is 9.84. The summed E-state index contributed by atoms with van der Waals surface area (Å²) in [6.45, 7) is 6.41. The largest absolute Gasteiger partial charge is 0.389 e. The van der Waals surface area contributed by atoms with E-state index in [0.29, 0.717) is 5.92 Å². The van der Waals surface area contributed by atoms with Gasteiger partial charge in [-0.2, -0.15) is 0 Å². The van der Waals surface area contributed by atoms with E-state index in [4.69, 9.17) is 0 Å². The Morgan fingerprint density at radius 2 is 1.77 bits per heavy atom. The quantitative estimate of drug-likeness (QED) is 0.650. The molecule has 13 heavy (non-hydrogen) atoms. The average Bonchev–Trinajstić information content (AvgIpc) is 2.04. The normalized spacial score (nSPS) is 31.1. The number of aliphatic hydroxyl groups is 1. The van der Waals surface area contributed by atoms with Gasteiger partial charge in [0.15, 0.2) is 0 Å². The molecule has 0 aromatic carbocycles. The van der Waals surface area contributed by atoms with Crippen molar-refractivity contribution < 1.29 is 5.11 Å². The Hall–Kier alpha value is -0.300. The van der Waals surface area contributed by atoms with Crippen LogP contribution in [0.2, 0.25) is 0 Å². The molecule has 0 aliphatic heterocycles. The molecule has 1 heteroatoms. The fourth-order valence-corrected chi connectivity index (χ4v) is 2.10. The number of hydrogen-bond donors (Lipinski definition) is 1. The van der Waals surface area contributed by atoms with Gasteiger partial charge in [0, 0.05) is 0 Å². The van der Waals surface area contributed by atoms with Crippen molar-refractivity contribution in [1.29, 1.82) is 0 Å². The second kappa shape index (κ2) is 4.80. The van der Waals surface area contributed by atoms with Crippen molar-refractivity contribution in [3.8, 4) is 0 Å². The maximum absolute atomic E-state index is 9.85. The number of allylic oxidation sites excluding steroid dienone is 1. The smallest absolute Gasteiger partial charge is 0.0751 e. The molecule has 1 N–H and O–H groups in total. The Bertz CT molecular complexity index is 172. The number of rotatable bonds is 2. The highest BCUT2D eigenvalue weighted by Crippen LogP contribution is 2.30. The molecule has 0 heterocycles. The van der Waals surface area contributed by atoms with Gasteiger partial charge in [0.1, 0.15) is 0 Å². The molecule has 76 valence electrons. The lowest BCUT2D eigenvalue weighted by atomic mass is 9.80. The van der Waals surface area contributed by atoms with E-state index in [9.17, 15) is 5.11 Å². The van der Waals surface area contributed by atoms with Gasteiger partial charge in [-0.3, -0.25) is 0 Å². The van der Waals surface area contributed by atoms with Gasteiger partial charge < -0.3 is 5.11 Å². The zero-order valence-corrected chi connectivity index (χ0v) is 9.09. The third kappa shape index (κ3) is 3.51. The van der Waals surface area contributed by atoms with Crippen molar-refractivity contribution in [3.05, 3.63) is 11.6 Å². The molecule has 1 saturated carbocycles. The second-order valence-electron chi connectivity index (χ2n) is 4.75. The van der Waals surface area contributed by atoms with Gasteiger partial charge in [-0.05, 0) is 38.5 Å². The molecule has 0 amide bonds. The highest BCUT2D eigenvalue weighted by molar-refractivity contribution is 5.00. The summed E-state index contributed by atoms with van der Waals surface area (Å²) in [5, 5.41) is 9.85. The van der Waals surface area contributed by atoms with Gasteiger partial charge >= 0.3 is 0 Å². The van der Waals surface area contributed by atoms with Gasteiger partial charge in [-0.1, -0.05) is 31.4 Å². The van der Waals surface area contributed by atoms with Crippen LogP contribution in [0.25, 0.3) is 0 Å². The lowest BCUT2D eigenvalue weighted by Crippen LogP contribution is -2.23. The average molecular weight is 182 g/mol. The van der Waals surface area contributed by atoms with Gasteiger partial charge in [0.2, 0.25) is 0 Å². The second-order valence-corrected chi connectivity index (χ2v) is 4.75. The molecule has 1 nitrogen and oxygen atoms in total. The first-order valence-electron chi connectivity index (χ1n) is 5.42. The minimum absolute atomic E-state index is 0.197. The molecule has 1 fully saturated rings. The van der Waals surface area contributed by atoms with E-state index < -0.39 is 0 Å². The summed E-state index contributed by atoms with van der Waals surface area (Å²) in [6, 6.07) is 0. The van der Waals surface area contributed by atoms with Gasteiger partial charge in [-0.25, -0.2) is 0 Å².